The molecule has 1 aromatic heterocycles. The molecule has 1 aromatic rings. The van der Waals surface area contributed by atoms with Crippen LogP contribution in [0.4, 0.5) is 0 Å². The molecule has 1 saturated carbocycles. The number of rotatable bonds is 5. The Morgan fingerprint density at radius 2 is 2.03 bits per heavy atom. The van der Waals surface area contributed by atoms with Crippen LogP contribution in [-0.2, 0) is 21.5 Å². The van der Waals surface area contributed by atoms with E-state index in [0.717, 1.165) is 32.2 Å². The smallest absolute Gasteiger partial charge is 0.261 e. The Labute approximate surface area is 178 Å². The summed E-state index contributed by atoms with van der Waals surface area (Å²) in [6, 6.07) is 1.99. The van der Waals surface area contributed by atoms with Crippen LogP contribution in [0.2, 0.25) is 0 Å². The monoisotopic (exact) mass is 440 g/mol. The van der Waals surface area contributed by atoms with Crippen molar-refractivity contribution in [2.45, 2.75) is 64.6 Å². The average Bonchev–Trinajstić information content (AvgIpc) is 3.35. The van der Waals surface area contributed by atoms with E-state index < -0.39 is 10.1 Å². The summed E-state index contributed by atoms with van der Waals surface area (Å²) in [5, 5.41) is 16.9. The molecule has 1 amide bonds. The van der Waals surface area contributed by atoms with Crippen molar-refractivity contribution in [3.63, 3.8) is 0 Å². The molecule has 2 N–H and O–H groups in total. The van der Waals surface area contributed by atoms with Gasteiger partial charge in [-0.25, -0.2) is 4.98 Å². The van der Waals surface area contributed by atoms with Crippen molar-refractivity contribution < 1.29 is 17.8 Å². The highest BCUT2D eigenvalue weighted by atomic mass is 32.2. The minimum absolute atomic E-state index is 0.0267. The van der Waals surface area contributed by atoms with Gasteiger partial charge in [0, 0.05) is 18.6 Å². The average molecular weight is 441 g/mol. The zero-order chi connectivity index (χ0) is 22.6. The number of aromatic nitrogens is 3. The second kappa shape index (κ2) is 9.41. The summed E-state index contributed by atoms with van der Waals surface area (Å²) in [5.74, 6) is 0.515. The van der Waals surface area contributed by atoms with Crippen molar-refractivity contribution in [3.8, 4) is 6.07 Å². The maximum atomic E-state index is 12.6. The van der Waals surface area contributed by atoms with Gasteiger partial charge in [0.1, 0.15) is 18.7 Å². The second-order valence-corrected chi connectivity index (χ2v) is 10.3. The van der Waals surface area contributed by atoms with Crippen LogP contribution in [-0.4, -0.2) is 69.5 Å². The zero-order valence-electron chi connectivity index (χ0n) is 18.1. The lowest BCUT2D eigenvalue weighted by Gasteiger charge is -2.42. The molecule has 0 spiro atoms. The molecule has 10 nitrogen and oxygen atoms in total. The summed E-state index contributed by atoms with van der Waals surface area (Å²) in [5.41, 5.74) is -0.0886. The van der Waals surface area contributed by atoms with Crippen LogP contribution in [0.15, 0.2) is 12.7 Å². The van der Waals surface area contributed by atoms with Crippen LogP contribution >= 0.6 is 0 Å². The van der Waals surface area contributed by atoms with E-state index in [-0.39, 0.29) is 22.9 Å². The topological polar surface area (TPSA) is 141 Å². The molecule has 0 bridgehead atoms. The first kappa shape index (κ1) is 24.2. The summed E-state index contributed by atoms with van der Waals surface area (Å²) >= 11 is 0. The van der Waals surface area contributed by atoms with E-state index in [1.807, 2.05) is 4.68 Å². The van der Waals surface area contributed by atoms with Gasteiger partial charge in [0.25, 0.3) is 10.1 Å². The molecule has 1 saturated heterocycles. The summed E-state index contributed by atoms with van der Waals surface area (Å²) in [6.45, 7) is 8.61. The van der Waals surface area contributed by atoms with Crippen molar-refractivity contribution >= 4 is 16.0 Å². The van der Waals surface area contributed by atoms with Crippen molar-refractivity contribution in [3.05, 3.63) is 12.7 Å². The third-order valence-corrected chi connectivity index (χ3v) is 6.66. The number of nitrogens with one attached hydrogen (secondary N) is 1. The highest BCUT2D eigenvalue weighted by molar-refractivity contribution is 7.85. The lowest BCUT2D eigenvalue weighted by Crippen LogP contribution is -2.55. The molecule has 3 atom stereocenters. The summed E-state index contributed by atoms with van der Waals surface area (Å²) in [7, 11) is -3.67. The van der Waals surface area contributed by atoms with E-state index in [1.54, 1.807) is 17.6 Å². The van der Waals surface area contributed by atoms with Gasteiger partial charge in [0.15, 0.2) is 0 Å². The van der Waals surface area contributed by atoms with E-state index in [2.05, 4.69) is 42.2 Å². The van der Waals surface area contributed by atoms with Gasteiger partial charge in [-0.1, -0.05) is 13.8 Å². The molecule has 0 unspecified atom stereocenters. The van der Waals surface area contributed by atoms with Crippen molar-refractivity contribution in [1.82, 2.24) is 25.0 Å². The van der Waals surface area contributed by atoms with Gasteiger partial charge in [-0.15, -0.1) is 0 Å². The van der Waals surface area contributed by atoms with Crippen molar-refractivity contribution in [2.75, 3.05) is 19.3 Å². The van der Waals surface area contributed by atoms with Gasteiger partial charge in [0.2, 0.25) is 5.91 Å². The Bertz CT molecular complexity index is 856. The summed E-state index contributed by atoms with van der Waals surface area (Å²) in [4.78, 5) is 18.3. The highest BCUT2D eigenvalue weighted by Crippen LogP contribution is 2.50. The van der Waals surface area contributed by atoms with E-state index in [1.165, 1.54) is 0 Å². The molecule has 2 fully saturated rings. The van der Waals surface area contributed by atoms with E-state index in [4.69, 9.17) is 4.55 Å². The maximum absolute atomic E-state index is 12.6. The van der Waals surface area contributed by atoms with E-state index in [0.29, 0.717) is 25.3 Å². The fourth-order valence-corrected chi connectivity index (χ4v) is 4.36. The molecule has 11 heteroatoms. The molecule has 168 valence electrons. The van der Waals surface area contributed by atoms with Crippen LogP contribution < -0.4 is 5.32 Å². The third kappa shape index (κ3) is 6.00. The second-order valence-electron chi connectivity index (χ2n) is 8.87. The largest absolute Gasteiger partial charge is 0.326 e. The predicted molar refractivity (Wildman–Crippen MR) is 111 cm³/mol. The number of nitrogens with zero attached hydrogens (tertiary/aromatic N) is 5. The molecule has 1 aliphatic heterocycles. The zero-order valence-corrected chi connectivity index (χ0v) is 18.9. The summed E-state index contributed by atoms with van der Waals surface area (Å²) in [6.07, 6.45) is 7.88. The number of nitriles is 1. The number of likely N-dealkylation sites (tertiary alicyclic amines) is 1. The quantitative estimate of drug-likeness (QED) is 0.648. The normalized spacial score (nSPS) is 27.9. The Hall–Kier alpha value is -2.03. The van der Waals surface area contributed by atoms with E-state index in [9.17, 15) is 18.5 Å². The molecule has 1 aliphatic carbocycles. The molecule has 0 radical (unpaired) electrons. The molecular weight excluding hydrogens is 408 g/mol. The number of hydrogen-bond acceptors (Lipinski definition) is 7. The van der Waals surface area contributed by atoms with Gasteiger partial charge >= 0.3 is 0 Å². The molecule has 2 heterocycles. The van der Waals surface area contributed by atoms with Gasteiger partial charge in [-0.2, -0.15) is 18.8 Å². The molecule has 3 rings (SSSR count). The fourth-order valence-electron chi connectivity index (χ4n) is 4.36. The van der Waals surface area contributed by atoms with Crippen LogP contribution in [0.3, 0.4) is 0 Å². The number of carbonyl (C=O) groups excluding carboxylic acids is 1. The first-order valence-electron chi connectivity index (χ1n) is 10.1. The van der Waals surface area contributed by atoms with Crippen molar-refractivity contribution in [1.29, 1.82) is 5.26 Å². The van der Waals surface area contributed by atoms with Crippen LogP contribution in [0.5, 0.6) is 0 Å². The first-order chi connectivity index (χ1) is 13.9. The van der Waals surface area contributed by atoms with Gasteiger partial charge in [-0.3, -0.25) is 14.0 Å². The Kier molecular flexibility index (Phi) is 7.60. The minimum atomic E-state index is -3.67. The Morgan fingerprint density at radius 1 is 1.37 bits per heavy atom. The SMILES string of the molecule is CC1(C)[C@@H](Cn2cncn2)CC[C@@]1(C)NCC(=O)N1CCC[C@H]1C#N.CS(=O)(=O)O. The molecule has 2 aliphatic rings. The lowest BCUT2D eigenvalue weighted by atomic mass is 9.71. The standard InChI is InChI=1S/C18H28N6O.CH4O3S/c1-17(2)14(11-23-13-20-12-22-23)6-7-18(17,3)21-10-16(25)24-8-4-5-15(24)9-19;1-5(2,3)4/h12-15,21H,4-8,10-11H2,1-3H3;1H3,(H,2,3,4)/t14-,15+,18-;/m1./s1. The van der Waals surface area contributed by atoms with Crippen molar-refractivity contribution in [2.24, 2.45) is 11.3 Å². The van der Waals surface area contributed by atoms with Crippen LogP contribution in [0.1, 0.15) is 46.5 Å². The van der Waals surface area contributed by atoms with Crippen LogP contribution in [0.25, 0.3) is 0 Å². The molecule has 30 heavy (non-hydrogen) atoms. The molecular formula is C19H32N6O4S. The summed E-state index contributed by atoms with van der Waals surface area (Å²) < 4.78 is 27.8. The van der Waals surface area contributed by atoms with Gasteiger partial charge in [-0.05, 0) is 43.9 Å². The van der Waals surface area contributed by atoms with E-state index >= 15 is 0 Å². The lowest BCUT2D eigenvalue weighted by molar-refractivity contribution is -0.130. The Morgan fingerprint density at radius 3 is 2.60 bits per heavy atom. The van der Waals surface area contributed by atoms with Gasteiger partial charge < -0.3 is 10.2 Å². The number of hydrogen-bond donors (Lipinski definition) is 2. The maximum Gasteiger partial charge on any atom is 0.261 e. The molecule has 0 aromatic carbocycles. The van der Waals surface area contributed by atoms with Crippen LogP contribution in [0, 0.1) is 22.7 Å². The number of carbonyl (C=O) groups is 1. The first-order valence-corrected chi connectivity index (χ1v) is 11.9. The highest BCUT2D eigenvalue weighted by Gasteiger charge is 2.51. The van der Waals surface area contributed by atoms with Gasteiger partial charge in [0.05, 0.1) is 18.9 Å². The fraction of sp³-hybridized carbons (Fsp3) is 0.789. The number of amides is 1. The predicted octanol–water partition coefficient (Wildman–Crippen LogP) is 1.08. The Balaban J connectivity index is 0.000000575. The third-order valence-electron chi connectivity index (χ3n) is 6.66. The minimum Gasteiger partial charge on any atom is -0.326 e.